The number of benzene rings is 2. The number of carbonyl (C=O) groups excluding carboxylic acids is 2. The summed E-state index contributed by atoms with van der Waals surface area (Å²) in [5.74, 6) is -0.315. The molecular formula is C22H25N3O6S. The minimum Gasteiger partial charge on any atom is -0.478 e. The van der Waals surface area contributed by atoms with Crippen LogP contribution in [0.4, 0.5) is 11.4 Å². The number of nitrogens with one attached hydrogen (secondary N) is 1. The molecule has 2 aromatic rings. The number of sulfonamides is 1. The molecule has 0 radical (unpaired) electrons. The Labute approximate surface area is 187 Å². The lowest BCUT2D eigenvalue weighted by Crippen LogP contribution is -2.41. The van der Waals surface area contributed by atoms with Crippen LogP contribution in [0, 0.1) is 0 Å². The molecule has 32 heavy (non-hydrogen) atoms. The molecule has 0 bridgehead atoms. The van der Waals surface area contributed by atoms with Crippen LogP contribution >= 0.6 is 0 Å². The molecule has 0 aromatic heterocycles. The zero-order valence-corrected chi connectivity index (χ0v) is 18.5. The van der Waals surface area contributed by atoms with Gasteiger partial charge in [0.1, 0.15) is 5.75 Å². The molecule has 2 aliphatic rings. The SMILES string of the molecule is CS(=O)(=O)N1CCC(C(=O)Nc2ccccc2C(=O)N2CCOCC2)Oc2ccccc21. The number of nitrogens with zero attached hydrogens (tertiary/aromatic N) is 2. The normalized spacial score (nSPS) is 18.8. The van der Waals surface area contributed by atoms with Crippen molar-refractivity contribution in [2.24, 2.45) is 0 Å². The molecule has 1 N–H and O–H groups in total. The molecule has 2 amide bonds. The molecule has 0 saturated carbocycles. The third-order valence-electron chi connectivity index (χ3n) is 5.40. The van der Waals surface area contributed by atoms with E-state index in [1.165, 1.54) is 4.31 Å². The predicted octanol–water partition coefficient (Wildman–Crippen LogP) is 1.71. The van der Waals surface area contributed by atoms with Gasteiger partial charge >= 0.3 is 0 Å². The van der Waals surface area contributed by atoms with Gasteiger partial charge in [-0.05, 0) is 24.3 Å². The van der Waals surface area contributed by atoms with Crippen LogP contribution in [0.25, 0.3) is 0 Å². The standard InChI is InChI=1S/C22H25N3O6S/c1-32(28,29)25-11-10-20(31-19-9-5-4-8-18(19)25)21(26)23-17-7-3-2-6-16(17)22(27)24-12-14-30-15-13-24/h2-9,20H,10-15H2,1H3,(H,23,26). The Morgan fingerprint density at radius 3 is 2.44 bits per heavy atom. The zero-order valence-electron chi connectivity index (χ0n) is 17.7. The Balaban J connectivity index is 1.55. The lowest BCUT2D eigenvalue weighted by molar-refractivity contribution is -0.122. The predicted molar refractivity (Wildman–Crippen MR) is 119 cm³/mol. The van der Waals surface area contributed by atoms with Crippen LogP contribution in [-0.2, 0) is 19.6 Å². The molecule has 4 rings (SSSR count). The molecule has 2 heterocycles. The average molecular weight is 460 g/mol. The van der Waals surface area contributed by atoms with Crippen molar-refractivity contribution in [1.82, 2.24) is 4.90 Å². The minimum absolute atomic E-state index is 0.0995. The number of rotatable bonds is 4. The highest BCUT2D eigenvalue weighted by Crippen LogP contribution is 2.34. The lowest BCUT2D eigenvalue weighted by atomic mass is 10.1. The van der Waals surface area contributed by atoms with Crippen molar-refractivity contribution in [1.29, 1.82) is 0 Å². The third kappa shape index (κ3) is 4.71. The Hall–Kier alpha value is -3.11. The third-order valence-corrected chi connectivity index (χ3v) is 6.58. The van der Waals surface area contributed by atoms with Crippen molar-refractivity contribution in [3.63, 3.8) is 0 Å². The number of anilines is 2. The monoisotopic (exact) mass is 459 g/mol. The molecule has 1 saturated heterocycles. The van der Waals surface area contributed by atoms with Gasteiger partial charge in [0.15, 0.2) is 6.10 Å². The van der Waals surface area contributed by atoms with Gasteiger partial charge in [-0.1, -0.05) is 24.3 Å². The summed E-state index contributed by atoms with van der Waals surface area (Å²) in [6.45, 7) is 2.04. The summed E-state index contributed by atoms with van der Waals surface area (Å²) in [7, 11) is -3.54. The van der Waals surface area contributed by atoms with Crippen LogP contribution in [0.5, 0.6) is 5.75 Å². The van der Waals surface area contributed by atoms with Gasteiger partial charge in [0.25, 0.3) is 11.8 Å². The first kappa shape index (κ1) is 22.1. The molecular weight excluding hydrogens is 434 g/mol. The highest BCUT2D eigenvalue weighted by atomic mass is 32.2. The molecule has 9 nitrogen and oxygen atoms in total. The van der Waals surface area contributed by atoms with Crippen molar-refractivity contribution in [2.75, 3.05) is 48.7 Å². The molecule has 1 unspecified atom stereocenters. The highest BCUT2D eigenvalue weighted by molar-refractivity contribution is 7.92. The first-order valence-corrected chi connectivity index (χ1v) is 12.2. The maximum Gasteiger partial charge on any atom is 0.265 e. The topological polar surface area (TPSA) is 105 Å². The van der Waals surface area contributed by atoms with Crippen LogP contribution in [0.3, 0.4) is 0 Å². The molecule has 2 aliphatic heterocycles. The summed E-state index contributed by atoms with van der Waals surface area (Å²) in [4.78, 5) is 27.7. The van der Waals surface area contributed by atoms with Gasteiger partial charge in [-0.15, -0.1) is 0 Å². The van der Waals surface area contributed by atoms with E-state index >= 15 is 0 Å². The molecule has 10 heteroatoms. The highest BCUT2D eigenvalue weighted by Gasteiger charge is 2.31. The summed E-state index contributed by atoms with van der Waals surface area (Å²) in [6.07, 6.45) is 0.361. The molecule has 170 valence electrons. The van der Waals surface area contributed by atoms with Crippen LogP contribution < -0.4 is 14.4 Å². The number of fused-ring (bicyclic) bond motifs is 1. The number of morpholine rings is 1. The van der Waals surface area contributed by atoms with Crippen molar-refractivity contribution in [3.05, 3.63) is 54.1 Å². The van der Waals surface area contributed by atoms with Gasteiger partial charge in [-0.2, -0.15) is 0 Å². The number of carbonyl (C=O) groups is 2. The van der Waals surface area contributed by atoms with Crippen LogP contribution in [0.15, 0.2) is 48.5 Å². The summed E-state index contributed by atoms with van der Waals surface area (Å²) in [5, 5.41) is 2.80. The van der Waals surface area contributed by atoms with Gasteiger partial charge in [0.2, 0.25) is 10.0 Å². The number of amides is 2. The molecule has 0 spiro atoms. The fourth-order valence-corrected chi connectivity index (χ4v) is 4.73. The van der Waals surface area contributed by atoms with Gasteiger partial charge in [0.05, 0.1) is 36.4 Å². The van der Waals surface area contributed by atoms with Gasteiger partial charge in [0, 0.05) is 26.1 Å². The second-order valence-corrected chi connectivity index (χ2v) is 9.54. The van der Waals surface area contributed by atoms with Gasteiger partial charge in [-0.25, -0.2) is 8.42 Å². The first-order chi connectivity index (χ1) is 15.3. The summed E-state index contributed by atoms with van der Waals surface area (Å²) in [6, 6.07) is 13.5. The van der Waals surface area contributed by atoms with Crippen molar-refractivity contribution in [3.8, 4) is 5.75 Å². The number of hydrogen-bond donors (Lipinski definition) is 1. The molecule has 1 atom stereocenters. The summed E-state index contributed by atoms with van der Waals surface area (Å²) in [5.41, 5.74) is 1.16. The maximum atomic E-state index is 13.1. The second kappa shape index (κ2) is 9.17. The number of hydrogen-bond acceptors (Lipinski definition) is 6. The van der Waals surface area contributed by atoms with E-state index in [2.05, 4.69) is 5.32 Å². The smallest absolute Gasteiger partial charge is 0.265 e. The Morgan fingerprint density at radius 1 is 1.00 bits per heavy atom. The quantitative estimate of drug-likeness (QED) is 0.746. The van der Waals surface area contributed by atoms with Crippen molar-refractivity contribution in [2.45, 2.75) is 12.5 Å². The van der Waals surface area contributed by atoms with Crippen LogP contribution in [0.2, 0.25) is 0 Å². The van der Waals surface area contributed by atoms with E-state index in [1.54, 1.807) is 53.4 Å². The number of ether oxygens (including phenoxy) is 2. The van der Waals surface area contributed by atoms with E-state index in [0.29, 0.717) is 49.0 Å². The van der Waals surface area contributed by atoms with E-state index in [0.717, 1.165) is 6.26 Å². The largest absolute Gasteiger partial charge is 0.478 e. The van der Waals surface area contributed by atoms with E-state index < -0.39 is 22.0 Å². The molecule has 1 fully saturated rings. The molecule has 2 aromatic carbocycles. The van der Waals surface area contributed by atoms with E-state index in [4.69, 9.17) is 9.47 Å². The fraction of sp³-hybridized carbons (Fsp3) is 0.364. The Kier molecular flexibility index (Phi) is 6.33. The summed E-state index contributed by atoms with van der Waals surface area (Å²) >= 11 is 0. The fourth-order valence-electron chi connectivity index (χ4n) is 3.79. The van der Waals surface area contributed by atoms with Gasteiger partial charge in [-0.3, -0.25) is 13.9 Å². The van der Waals surface area contributed by atoms with Gasteiger partial charge < -0.3 is 19.7 Å². The van der Waals surface area contributed by atoms with Crippen molar-refractivity contribution >= 4 is 33.2 Å². The summed E-state index contributed by atoms with van der Waals surface area (Å²) < 4.78 is 37.0. The van der Waals surface area contributed by atoms with E-state index in [1.807, 2.05) is 0 Å². The lowest BCUT2D eigenvalue weighted by Gasteiger charge is -2.27. The van der Waals surface area contributed by atoms with Crippen molar-refractivity contribution < 1.29 is 27.5 Å². The minimum atomic E-state index is -3.54. The maximum absolute atomic E-state index is 13.1. The average Bonchev–Trinajstić information content (AvgIpc) is 2.99. The molecule has 0 aliphatic carbocycles. The van der Waals surface area contributed by atoms with E-state index in [9.17, 15) is 18.0 Å². The Bertz CT molecular complexity index is 1110. The van der Waals surface area contributed by atoms with E-state index in [-0.39, 0.29) is 18.9 Å². The van der Waals surface area contributed by atoms with Crippen LogP contribution in [0.1, 0.15) is 16.8 Å². The second-order valence-electron chi connectivity index (χ2n) is 7.64. The Morgan fingerprint density at radius 2 is 1.69 bits per heavy atom. The zero-order chi connectivity index (χ0) is 22.7. The number of para-hydroxylation sites is 3. The first-order valence-electron chi connectivity index (χ1n) is 10.3. The van der Waals surface area contributed by atoms with Crippen LogP contribution in [-0.4, -0.2) is 70.3 Å².